The van der Waals surface area contributed by atoms with E-state index in [0.717, 1.165) is 31.6 Å². The molecule has 1 heterocycles. The van der Waals surface area contributed by atoms with Crippen LogP contribution >= 0.6 is 0 Å². The number of nitrogens with one attached hydrogen (secondary N) is 1. The molecule has 21 heavy (non-hydrogen) atoms. The van der Waals surface area contributed by atoms with E-state index in [4.69, 9.17) is 14.6 Å². The summed E-state index contributed by atoms with van der Waals surface area (Å²) in [5.74, 6) is -1.16. The normalized spacial score (nSPS) is 17.8. The third-order valence-electron chi connectivity index (χ3n) is 2.97. The number of hydrogen-bond donors (Lipinski definition) is 2. The Balaban J connectivity index is 1.95. The molecule has 0 bridgehead atoms. The lowest BCUT2D eigenvalue weighted by molar-refractivity contribution is -0.131. The van der Waals surface area contributed by atoms with E-state index in [0.29, 0.717) is 18.0 Å². The van der Waals surface area contributed by atoms with Gasteiger partial charge in [0, 0.05) is 18.8 Å². The second-order valence-corrected chi connectivity index (χ2v) is 4.60. The van der Waals surface area contributed by atoms with Gasteiger partial charge in [0.25, 0.3) is 0 Å². The Morgan fingerprint density at radius 3 is 2.90 bits per heavy atom. The maximum absolute atomic E-state index is 11.6. The van der Waals surface area contributed by atoms with Crippen molar-refractivity contribution in [3.63, 3.8) is 0 Å². The number of ether oxygens (including phenoxy) is 2. The summed E-state index contributed by atoms with van der Waals surface area (Å²) in [4.78, 5) is 22.0. The zero-order valence-corrected chi connectivity index (χ0v) is 11.5. The van der Waals surface area contributed by atoms with Crippen molar-refractivity contribution in [3.8, 4) is 5.75 Å². The highest BCUT2D eigenvalue weighted by molar-refractivity contribution is 6.03. The zero-order valence-electron chi connectivity index (χ0n) is 11.5. The standard InChI is InChI=1S/C15H17NO5/c17-14(7-8-15(18)19)16-12-5-1-2-6-13(12)21-10-11-4-3-9-20-11/h1-2,5-8,11H,3-4,9-10H2,(H,16,17)(H,18,19)/b8-7+. The number of para-hydroxylation sites is 2. The molecule has 1 aliphatic heterocycles. The van der Waals surface area contributed by atoms with Gasteiger partial charge in [0.2, 0.25) is 5.91 Å². The van der Waals surface area contributed by atoms with Gasteiger partial charge in [0.1, 0.15) is 12.4 Å². The molecule has 1 amide bonds. The van der Waals surface area contributed by atoms with Gasteiger partial charge in [-0.05, 0) is 25.0 Å². The van der Waals surface area contributed by atoms with Crippen LogP contribution in [0.2, 0.25) is 0 Å². The van der Waals surface area contributed by atoms with Gasteiger partial charge in [-0.25, -0.2) is 4.79 Å². The Hall–Kier alpha value is -2.34. The molecule has 1 aliphatic rings. The van der Waals surface area contributed by atoms with Crippen LogP contribution in [0.4, 0.5) is 5.69 Å². The molecule has 1 fully saturated rings. The Bertz CT molecular complexity index is 535. The molecule has 2 rings (SSSR count). The first-order valence-corrected chi connectivity index (χ1v) is 6.70. The number of aliphatic carboxylic acids is 1. The van der Waals surface area contributed by atoms with E-state index in [1.54, 1.807) is 24.3 Å². The average Bonchev–Trinajstić information content (AvgIpc) is 2.97. The molecule has 0 radical (unpaired) electrons. The Kier molecular flexibility index (Phi) is 5.34. The van der Waals surface area contributed by atoms with Crippen molar-refractivity contribution in [1.82, 2.24) is 0 Å². The molecule has 0 aromatic heterocycles. The molecule has 1 aromatic rings. The molecule has 112 valence electrons. The van der Waals surface area contributed by atoms with Crippen molar-refractivity contribution in [2.75, 3.05) is 18.5 Å². The lowest BCUT2D eigenvalue weighted by Gasteiger charge is -2.14. The number of rotatable bonds is 6. The quantitative estimate of drug-likeness (QED) is 0.781. The molecule has 1 saturated heterocycles. The van der Waals surface area contributed by atoms with Crippen LogP contribution in [0, 0.1) is 0 Å². The number of benzene rings is 1. The molecule has 1 unspecified atom stereocenters. The molecule has 0 spiro atoms. The third-order valence-corrected chi connectivity index (χ3v) is 2.97. The summed E-state index contributed by atoms with van der Waals surface area (Å²) in [5.41, 5.74) is 0.496. The van der Waals surface area contributed by atoms with Gasteiger partial charge in [0.05, 0.1) is 11.8 Å². The molecular formula is C15H17NO5. The molecule has 1 atom stereocenters. The number of carboxylic acid groups (broad SMARTS) is 1. The minimum atomic E-state index is -1.17. The summed E-state index contributed by atoms with van der Waals surface area (Å²) in [7, 11) is 0. The van der Waals surface area contributed by atoms with Crippen LogP contribution in [0.1, 0.15) is 12.8 Å². The second kappa shape index (κ2) is 7.44. The van der Waals surface area contributed by atoms with Crippen LogP contribution in [0.5, 0.6) is 5.75 Å². The van der Waals surface area contributed by atoms with Crippen LogP contribution in [0.15, 0.2) is 36.4 Å². The minimum Gasteiger partial charge on any atom is -0.489 e. The van der Waals surface area contributed by atoms with E-state index < -0.39 is 11.9 Å². The summed E-state index contributed by atoms with van der Waals surface area (Å²) in [5, 5.41) is 11.1. The molecule has 6 heteroatoms. The first kappa shape index (κ1) is 15.1. The Morgan fingerprint density at radius 2 is 2.19 bits per heavy atom. The first-order valence-electron chi connectivity index (χ1n) is 6.70. The molecule has 0 saturated carbocycles. The average molecular weight is 291 g/mol. The fourth-order valence-electron chi connectivity index (χ4n) is 1.98. The SMILES string of the molecule is O=C(O)/C=C/C(=O)Nc1ccccc1OCC1CCCO1. The highest BCUT2D eigenvalue weighted by atomic mass is 16.5. The van der Waals surface area contributed by atoms with Gasteiger partial charge in [-0.2, -0.15) is 0 Å². The molecule has 2 N–H and O–H groups in total. The Morgan fingerprint density at radius 1 is 1.38 bits per heavy atom. The number of carbonyl (C=O) groups excluding carboxylic acids is 1. The third kappa shape index (κ3) is 4.92. The Labute approximate surface area is 122 Å². The van der Waals surface area contributed by atoms with Crippen molar-refractivity contribution in [2.24, 2.45) is 0 Å². The van der Waals surface area contributed by atoms with Gasteiger partial charge in [-0.15, -0.1) is 0 Å². The van der Waals surface area contributed by atoms with E-state index in [-0.39, 0.29) is 6.10 Å². The van der Waals surface area contributed by atoms with Gasteiger partial charge in [0.15, 0.2) is 0 Å². The summed E-state index contributed by atoms with van der Waals surface area (Å²) >= 11 is 0. The second-order valence-electron chi connectivity index (χ2n) is 4.60. The number of hydrogen-bond acceptors (Lipinski definition) is 4. The first-order chi connectivity index (χ1) is 10.1. The maximum atomic E-state index is 11.6. The number of carboxylic acids is 1. The number of carbonyl (C=O) groups is 2. The topological polar surface area (TPSA) is 84.9 Å². The predicted octanol–water partition coefficient (Wildman–Crippen LogP) is 1.82. The molecular weight excluding hydrogens is 274 g/mol. The van der Waals surface area contributed by atoms with Crippen molar-refractivity contribution in [3.05, 3.63) is 36.4 Å². The van der Waals surface area contributed by atoms with E-state index >= 15 is 0 Å². The van der Waals surface area contributed by atoms with Crippen molar-refractivity contribution in [1.29, 1.82) is 0 Å². The van der Waals surface area contributed by atoms with E-state index in [1.807, 2.05) is 0 Å². The summed E-state index contributed by atoms with van der Waals surface area (Å²) in [6.07, 6.45) is 3.83. The van der Waals surface area contributed by atoms with E-state index in [1.165, 1.54) is 0 Å². The highest BCUT2D eigenvalue weighted by Gasteiger charge is 2.16. The van der Waals surface area contributed by atoms with Crippen LogP contribution in [-0.4, -0.2) is 36.3 Å². The summed E-state index contributed by atoms with van der Waals surface area (Å²) in [6, 6.07) is 6.99. The lowest BCUT2D eigenvalue weighted by atomic mass is 10.2. The smallest absolute Gasteiger partial charge is 0.328 e. The fourth-order valence-corrected chi connectivity index (χ4v) is 1.98. The van der Waals surface area contributed by atoms with Crippen molar-refractivity contribution in [2.45, 2.75) is 18.9 Å². The largest absolute Gasteiger partial charge is 0.489 e. The van der Waals surface area contributed by atoms with E-state index in [9.17, 15) is 9.59 Å². The molecule has 0 aliphatic carbocycles. The van der Waals surface area contributed by atoms with Crippen LogP contribution in [-0.2, 0) is 14.3 Å². The molecule has 6 nitrogen and oxygen atoms in total. The number of anilines is 1. The number of amides is 1. The summed E-state index contributed by atoms with van der Waals surface area (Å²) in [6.45, 7) is 1.18. The zero-order chi connectivity index (χ0) is 15.1. The maximum Gasteiger partial charge on any atom is 0.328 e. The van der Waals surface area contributed by atoms with Crippen LogP contribution < -0.4 is 10.1 Å². The monoisotopic (exact) mass is 291 g/mol. The van der Waals surface area contributed by atoms with Gasteiger partial charge >= 0.3 is 5.97 Å². The summed E-state index contributed by atoms with van der Waals surface area (Å²) < 4.78 is 11.1. The molecule has 1 aromatic carbocycles. The fraction of sp³-hybridized carbons (Fsp3) is 0.333. The predicted molar refractivity (Wildman–Crippen MR) is 76.3 cm³/mol. The van der Waals surface area contributed by atoms with Gasteiger partial charge in [-0.3, -0.25) is 4.79 Å². The van der Waals surface area contributed by atoms with Crippen LogP contribution in [0.3, 0.4) is 0 Å². The lowest BCUT2D eigenvalue weighted by Crippen LogP contribution is -2.17. The highest BCUT2D eigenvalue weighted by Crippen LogP contribution is 2.25. The van der Waals surface area contributed by atoms with Crippen molar-refractivity contribution >= 4 is 17.6 Å². The van der Waals surface area contributed by atoms with Gasteiger partial charge in [-0.1, -0.05) is 12.1 Å². The van der Waals surface area contributed by atoms with Crippen molar-refractivity contribution < 1.29 is 24.2 Å². The van der Waals surface area contributed by atoms with Crippen LogP contribution in [0.25, 0.3) is 0 Å². The van der Waals surface area contributed by atoms with Gasteiger partial charge < -0.3 is 19.9 Å². The minimum absolute atomic E-state index is 0.0839. The van der Waals surface area contributed by atoms with E-state index in [2.05, 4.69) is 5.32 Å².